The van der Waals surface area contributed by atoms with Crippen molar-refractivity contribution in [2.24, 2.45) is 19.2 Å². The van der Waals surface area contributed by atoms with Gasteiger partial charge in [-0.25, -0.2) is 19.0 Å². The minimum absolute atomic E-state index is 0.0572. The number of nitrogens with zero attached hydrogens (tertiary/aromatic N) is 5. The van der Waals surface area contributed by atoms with Crippen LogP contribution in [0.5, 0.6) is 0 Å². The number of imidazole rings is 1. The Bertz CT molecular complexity index is 1470. The summed E-state index contributed by atoms with van der Waals surface area (Å²) in [6.45, 7) is -0.0606. The molecule has 2 aromatic heterocycles. The Kier molecular flexibility index (Phi) is 5.62. The molecule has 2 heterocycles. The van der Waals surface area contributed by atoms with Gasteiger partial charge in [0.25, 0.3) is 5.56 Å². The van der Waals surface area contributed by atoms with Crippen LogP contribution in [0.1, 0.15) is 11.1 Å². The number of rotatable bonds is 5. The van der Waals surface area contributed by atoms with E-state index in [0.717, 1.165) is 4.57 Å². The smallest absolute Gasteiger partial charge is 0.298 e. The van der Waals surface area contributed by atoms with Crippen molar-refractivity contribution in [2.45, 2.75) is 6.54 Å². The Morgan fingerprint density at radius 3 is 2.50 bits per heavy atom. The normalized spacial score (nSPS) is 11.5. The van der Waals surface area contributed by atoms with Gasteiger partial charge < -0.3 is 0 Å². The van der Waals surface area contributed by atoms with Gasteiger partial charge in [0.2, 0.25) is 5.95 Å². The summed E-state index contributed by atoms with van der Waals surface area (Å²) in [4.78, 5) is 29.5. The second-order valence-corrected chi connectivity index (χ2v) is 7.40. The fourth-order valence-corrected chi connectivity index (χ4v) is 3.48. The average Bonchev–Trinajstić information content (AvgIpc) is 3.12. The van der Waals surface area contributed by atoms with E-state index in [-0.39, 0.29) is 34.2 Å². The number of hydrogen-bond acceptors (Lipinski definition) is 5. The van der Waals surface area contributed by atoms with Crippen molar-refractivity contribution in [3.63, 3.8) is 0 Å². The SMILES string of the molecule is Cn1c(=O)c2c(nc(N/N=C\c3c(F)cccc3Cl)n2Cc2ccccc2F)n(C)c1=O. The molecule has 8 nitrogen and oxygen atoms in total. The van der Waals surface area contributed by atoms with E-state index in [1.165, 1.54) is 53.7 Å². The first-order valence-corrected chi connectivity index (χ1v) is 9.80. The third kappa shape index (κ3) is 3.69. The van der Waals surface area contributed by atoms with Crippen molar-refractivity contribution in [3.8, 4) is 0 Å². The van der Waals surface area contributed by atoms with Crippen LogP contribution in [0.2, 0.25) is 5.02 Å². The number of benzene rings is 2. The number of fused-ring (bicyclic) bond motifs is 1. The van der Waals surface area contributed by atoms with Crippen molar-refractivity contribution in [1.82, 2.24) is 18.7 Å². The second kappa shape index (κ2) is 8.39. The van der Waals surface area contributed by atoms with E-state index in [4.69, 9.17) is 11.6 Å². The molecule has 0 aliphatic carbocycles. The zero-order valence-corrected chi connectivity index (χ0v) is 17.8. The van der Waals surface area contributed by atoms with E-state index in [0.29, 0.717) is 5.56 Å². The van der Waals surface area contributed by atoms with Gasteiger partial charge in [-0.2, -0.15) is 10.1 Å². The zero-order chi connectivity index (χ0) is 23.0. The highest BCUT2D eigenvalue weighted by Crippen LogP contribution is 2.20. The maximum absolute atomic E-state index is 14.3. The van der Waals surface area contributed by atoms with Gasteiger partial charge in [0, 0.05) is 25.2 Å². The van der Waals surface area contributed by atoms with Gasteiger partial charge in [-0.15, -0.1) is 0 Å². The summed E-state index contributed by atoms with van der Waals surface area (Å²) < 4.78 is 31.9. The molecule has 32 heavy (non-hydrogen) atoms. The standard InChI is InChI=1S/C21H17ClF2N6O2/c1-28-18-17(19(31)29(2)21(28)32)30(11-12-6-3-4-8-15(12)23)20(26-18)27-25-10-13-14(22)7-5-9-16(13)24/h3-10H,11H2,1-2H3,(H,26,27)/b25-10-. The fraction of sp³-hybridized carbons (Fsp3) is 0.143. The summed E-state index contributed by atoms with van der Waals surface area (Å²) in [5.74, 6) is -0.979. The van der Waals surface area contributed by atoms with Crippen LogP contribution in [-0.2, 0) is 20.6 Å². The lowest BCUT2D eigenvalue weighted by Gasteiger charge is -2.10. The third-order valence-corrected chi connectivity index (χ3v) is 5.32. The molecule has 0 saturated carbocycles. The van der Waals surface area contributed by atoms with Gasteiger partial charge in [-0.05, 0) is 18.2 Å². The summed E-state index contributed by atoms with van der Waals surface area (Å²) in [6, 6.07) is 10.3. The molecule has 164 valence electrons. The molecule has 1 N–H and O–H groups in total. The summed E-state index contributed by atoms with van der Waals surface area (Å²) in [6.07, 6.45) is 1.17. The van der Waals surface area contributed by atoms with E-state index < -0.39 is 22.9 Å². The highest BCUT2D eigenvalue weighted by atomic mass is 35.5. The highest BCUT2D eigenvalue weighted by Gasteiger charge is 2.20. The molecule has 0 amide bonds. The predicted octanol–water partition coefficient (Wildman–Crippen LogP) is 2.86. The molecule has 0 fully saturated rings. The maximum atomic E-state index is 14.3. The van der Waals surface area contributed by atoms with E-state index in [2.05, 4.69) is 15.5 Å². The minimum atomic E-state index is -0.596. The molecule has 0 unspecified atom stereocenters. The summed E-state index contributed by atoms with van der Waals surface area (Å²) in [5, 5.41) is 4.14. The van der Waals surface area contributed by atoms with Gasteiger partial charge >= 0.3 is 5.69 Å². The van der Waals surface area contributed by atoms with Crippen LogP contribution in [0.3, 0.4) is 0 Å². The number of halogens is 3. The lowest BCUT2D eigenvalue weighted by molar-refractivity contribution is 0.601. The topological polar surface area (TPSA) is 86.2 Å². The molecule has 0 atom stereocenters. The molecule has 4 aromatic rings. The maximum Gasteiger partial charge on any atom is 0.332 e. The highest BCUT2D eigenvalue weighted by molar-refractivity contribution is 6.33. The Morgan fingerprint density at radius 1 is 1.06 bits per heavy atom. The van der Waals surface area contributed by atoms with Crippen LogP contribution in [0.25, 0.3) is 11.2 Å². The first-order chi connectivity index (χ1) is 15.3. The average molecular weight is 459 g/mol. The van der Waals surface area contributed by atoms with Crippen molar-refractivity contribution < 1.29 is 8.78 Å². The zero-order valence-electron chi connectivity index (χ0n) is 17.0. The quantitative estimate of drug-likeness (QED) is 0.368. The number of aromatic nitrogens is 4. The van der Waals surface area contributed by atoms with Crippen LogP contribution >= 0.6 is 11.6 Å². The van der Waals surface area contributed by atoms with Crippen molar-refractivity contribution in [2.75, 3.05) is 5.43 Å². The number of hydrazone groups is 1. The molecule has 0 bridgehead atoms. The summed E-state index contributed by atoms with van der Waals surface area (Å²) in [5.41, 5.74) is 2.02. The van der Waals surface area contributed by atoms with Gasteiger partial charge in [-0.3, -0.25) is 18.5 Å². The monoisotopic (exact) mass is 458 g/mol. The Morgan fingerprint density at radius 2 is 1.78 bits per heavy atom. The molecule has 4 rings (SSSR count). The van der Waals surface area contributed by atoms with Crippen LogP contribution in [0.4, 0.5) is 14.7 Å². The van der Waals surface area contributed by atoms with Crippen LogP contribution in [-0.4, -0.2) is 24.9 Å². The van der Waals surface area contributed by atoms with E-state index in [9.17, 15) is 18.4 Å². The molecule has 0 spiro atoms. The van der Waals surface area contributed by atoms with E-state index in [1.807, 2.05) is 0 Å². The Hall–Kier alpha value is -3.79. The molecule has 0 aliphatic rings. The number of hydrogen-bond donors (Lipinski definition) is 1. The molecular formula is C21H17ClF2N6O2. The van der Waals surface area contributed by atoms with Crippen LogP contribution in [0, 0.1) is 11.6 Å². The molecule has 0 aliphatic heterocycles. The predicted molar refractivity (Wildman–Crippen MR) is 118 cm³/mol. The number of nitrogens with one attached hydrogen (secondary N) is 1. The second-order valence-electron chi connectivity index (χ2n) is 7.00. The molecule has 0 saturated heterocycles. The summed E-state index contributed by atoms with van der Waals surface area (Å²) >= 11 is 6.00. The van der Waals surface area contributed by atoms with Gasteiger partial charge in [0.15, 0.2) is 11.2 Å². The number of aryl methyl sites for hydroxylation is 1. The Balaban J connectivity index is 1.86. The van der Waals surface area contributed by atoms with Crippen molar-refractivity contribution >= 4 is 34.9 Å². The van der Waals surface area contributed by atoms with Gasteiger partial charge in [-0.1, -0.05) is 35.9 Å². The summed E-state index contributed by atoms with van der Waals surface area (Å²) in [7, 11) is 2.81. The van der Waals surface area contributed by atoms with Crippen LogP contribution in [0.15, 0.2) is 57.2 Å². The van der Waals surface area contributed by atoms with Gasteiger partial charge in [0.05, 0.1) is 17.8 Å². The number of anilines is 1. The fourth-order valence-electron chi connectivity index (χ4n) is 3.27. The Labute approximate surface area is 185 Å². The first kappa shape index (κ1) is 21.4. The third-order valence-electron chi connectivity index (χ3n) is 4.99. The van der Waals surface area contributed by atoms with Crippen molar-refractivity contribution in [1.29, 1.82) is 0 Å². The molecule has 2 aromatic carbocycles. The van der Waals surface area contributed by atoms with Gasteiger partial charge in [0.1, 0.15) is 11.6 Å². The largest absolute Gasteiger partial charge is 0.332 e. The molecule has 11 heteroatoms. The van der Waals surface area contributed by atoms with E-state index >= 15 is 0 Å². The first-order valence-electron chi connectivity index (χ1n) is 9.42. The lowest BCUT2D eigenvalue weighted by Crippen LogP contribution is -2.37. The molecule has 0 radical (unpaired) electrons. The minimum Gasteiger partial charge on any atom is -0.298 e. The lowest BCUT2D eigenvalue weighted by atomic mass is 10.2. The van der Waals surface area contributed by atoms with E-state index in [1.54, 1.807) is 18.2 Å². The van der Waals surface area contributed by atoms with Crippen molar-refractivity contribution in [3.05, 3.63) is 91.1 Å². The van der Waals surface area contributed by atoms with Crippen LogP contribution < -0.4 is 16.7 Å². The molecular weight excluding hydrogens is 442 g/mol.